The molecule has 0 N–H and O–H groups in total. The summed E-state index contributed by atoms with van der Waals surface area (Å²) < 4.78 is 16.7. The van der Waals surface area contributed by atoms with Crippen molar-refractivity contribution < 1.29 is 28.6 Å². The van der Waals surface area contributed by atoms with Crippen LogP contribution in [-0.2, 0) is 28.6 Å². The maximum absolute atomic E-state index is 12.8. The van der Waals surface area contributed by atoms with Gasteiger partial charge in [-0.2, -0.15) is 0 Å². The lowest BCUT2D eigenvalue weighted by Crippen LogP contribution is -2.30. The highest BCUT2D eigenvalue weighted by molar-refractivity contribution is 5.71. The van der Waals surface area contributed by atoms with E-state index in [2.05, 4.69) is 118 Å². The van der Waals surface area contributed by atoms with E-state index in [9.17, 15) is 14.4 Å². The molecule has 0 aliphatic rings. The summed E-state index contributed by atoms with van der Waals surface area (Å²) in [6.07, 6.45) is 72.6. The average molecular weight is 931 g/mol. The van der Waals surface area contributed by atoms with Gasteiger partial charge in [-0.05, 0) is 96.3 Å². The van der Waals surface area contributed by atoms with Gasteiger partial charge in [0, 0.05) is 19.3 Å². The molecular formula is C61H102O6. The monoisotopic (exact) mass is 931 g/mol. The smallest absolute Gasteiger partial charge is 0.306 e. The van der Waals surface area contributed by atoms with E-state index in [0.29, 0.717) is 19.3 Å². The number of rotatable bonds is 49. The molecule has 0 amide bonds. The van der Waals surface area contributed by atoms with Crippen molar-refractivity contribution in [2.45, 2.75) is 258 Å². The summed E-state index contributed by atoms with van der Waals surface area (Å²) in [6, 6.07) is 0. The van der Waals surface area contributed by atoms with Crippen LogP contribution < -0.4 is 0 Å². The van der Waals surface area contributed by atoms with E-state index in [-0.39, 0.29) is 44.0 Å². The van der Waals surface area contributed by atoms with Crippen LogP contribution >= 0.6 is 0 Å². The number of allylic oxidation sites excluding steroid dienone is 16. The molecule has 0 fully saturated rings. The second-order valence-corrected chi connectivity index (χ2v) is 18.1. The van der Waals surface area contributed by atoms with Crippen molar-refractivity contribution in [2.24, 2.45) is 0 Å². The van der Waals surface area contributed by atoms with E-state index in [1.54, 1.807) is 0 Å². The van der Waals surface area contributed by atoms with Crippen molar-refractivity contribution in [3.63, 3.8) is 0 Å². The average Bonchev–Trinajstić information content (AvgIpc) is 3.33. The number of carbonyl (C=O) groups is 3. The molecule has 0 spiro atoms. The number of hydrogen-bond donors (Lipinski definition) is 0. The Morgan fingerprint density at radius 2 is 0.552 bits per heavy atom. The first-order valence-corrected chi connectivity index (χ1v) is 27.7. The van der Waals surface area contributed by atoms with Gasteiger partial charge in [0.2, 0.25) is 0 Å². The highest BCUT2D eigenvalue weighted by Gasteiger charge is 2.19. The van der Waals surface area contributed by atoms with Crippen molar-refractivity contribution in [3.05, 3.63) is 97.2 Å². The van der Waals surface area contributed by atoms with Gasteiger partial charge in [-0.15, -0.1) is 0 Å². The molecule has 0 aromatic heterocycles. The quantitative estimate of drug-likeness (QED) is 0.0262. The minimum absolute atomic E-state index is 0.115. The minimum Gasteiger partial charge on any atom is -0.462 e. The Balaban J connectivity index is 4.56. The van der Waals surface area contributed by atoms with Gasteiger partial charge in [-0.3, -0.25) is 14.4 Å². The highest BCUT2D eigenvalue weighted by Crippen LogP contribution is 2.15. The van der Waals surface area contributed by atoms with E-state index in [1.165, 1.54) is 128 Å². The van der Waals surface area contributed by atoms with Crippen molar-refractivity contribution in [2.75, 3.05) is 13.2 Å². The standard InChI is InChI=1S/C61H102O6/c1-4-7-10-13-16-19-22-25-28-30-33-36-39-42-45-48-51-54-60(63)66-57-58(56-65-59(62)53-50-47-44-41-38-35-32-27-24-21-18-15-12-9-6-3)67-61(64)55-52-49-46-43-40-37-34-31-29-26-23-20-17-14-11-8-5-2/h16-17,19-20,25-26,28-29,33-34,36-37,42-43,45-46,58H,4-15,18,21-24,27,30-32,35,38-41,44,47-57H2,1-3H3/b19-16+,20-17+,28-25+,29-26+,36-33+,37-34+,45-42+,46-43+/t58-/m1/s1. The predicted octanol–water partition coefficient (Wildman–Crippen LogP) is 18.5. The summed E-state index contributed by atoms with van der Waals surface area (Å²) >= 11 is 0. The first kappa shape index (κ1) is 63.3. The third-order valence-electron chi connectivity index (χ3n) is 11.6. The van der Waals surface area contributed by atoms with E-state index < -0.39 is 6.10 Å². The zero-order chi connectivity index (χ0) is 48.6. The van der Waals surface area contributed by atoms with E-state index in [1.807, 2.05) is 0 Å². The van der Waals surface area contributed by atoms with Crippen LogP contribution in [0.25, 0.3) is 0 Å². The van der Waals surface area contributed by atoms with Crippen LogP contribution in [-0.4, -0.2) is 37.2 Å². The largest absolute Gasteiger partial charge is 0.462 e. The van der Waals surface area contributed by atoms with Gasteiger partial charge in [-0.1, -0.05) is 234 Å². The molecule has 0 saturated heterocycles. The molecule has 0 saturated carbocycles. The molecule has 6 nitrogen and oxygen atoms in total. The van der Waals surface area contributed by atoms with Crippen molar-refractivity contribution in [3.8, 4) is 0 Å². The summed E-state index contributed by atoms with van der Waals surface area (Å²) in [4.78, 5) is 38.1. The molecule has 0 aromatic carbocycles. The Kier molecular flexibility index (Phi) is 51.9. The molecule has 0 rings (SSSR count). The van der Waals surface area contributed by atoms with Crippen molar-refractivity contribution >= 4 is 17.9 Å². The van der Waals surface area contributed by atoms with Gasteiger partial charge in [0.25, 0.3) is 0 Å². The van der Waals surface area contributed by atoms with Crippen LogP contribution in [0.3, 0.4) is 0 Å². The van der Waals surface area contributed by atoms with Crippen LogP contribution in [0.15, 0.2) is 97.2 Å². The second kappa shape index (κ2) is 54.9. The maximum atomic E-state index is 12.8. The topological polar surface area (TPSA) is 78.9 Å². The van der Waals surface area contributed by atoms with Gasteiger partial charge in [0.15, 0.2) is 6.10 Å². The summed E-state index contributed by atoms with van der Waals surface area (Å²) in [5.74, 6) is -1.03. The fourth-order valence-electron chi connectivity index (χ4n) is 7.37. The molecule has 0 bridgehead atoms. The molecule has 0 aromatic rings. The van der Waals surface area contributed by atoms with E-state index >= 15 is 0 Å². The number of esters is 3. The third-order valence-corrected chi connectivity index (χ3v) is 11.6. The lowest BCUT2D eigenvalue weighted by atomic mass is 10.0. The van der Waals surface area contributed by atoms with Crippen LogP contribution in [0.4, 0.5) is 0 Å². The third kappa shape index (κ3) is 53.2. The van der Waals surface area contributed by atoms with Gasteiger partial charge in [0.05, 0.1) is 0 Å². The maximum Gasteiger partial charge on any atom is 0.306 e. The number of hydrogen-bond acceptors (Lipinski definition) is 6. The molecule has 1 atom stereocenters. The van der Waals surface area contributed by atoms with Crippen LogP contribution in [0, 0.1) is 0 Å². The van der Waals surface area contributed by atoms with Gasteiger partial charge >= 0.3 is 17.9 Å². The summed E-state index contributed by atoms with van der Waals surface area (Å²) in [5, 5.41) is 0. The minimum atomic E-state index is -0.827. The Morgan fingerprint density at radius 3 is 0.896 bits per heavy atom. The SMILES string of the molecule is CCCCC/C=C/C/C=C/C/C=C/C/C=C/CCCC(=O)OC[C@@H](COC(=O)CCCCCCCCCCCCCCCCC)OC(=O)CCC/C=C/C/C=C/C/C=C/C/C=C/CCCCC. The van der Waals surface area contributed by atoms with Gasteiger partial charge in [-0.25, -0.2) is 0 Å². The van der Waals surface area contributed by atoms with Gasteiger partial charge < -0.3 is 14.2 Å². The second-order valence-electron chi connectivity index (χ2n) is 18.1. The van der Waals surface area contributed by atoms with Crippen molar-refractivity contribution in [1.29, 1.82) is 0 Å². The fraction of sp³-hybridized carbons (Fsp3) is 0.689. The first-order valence-electron chi connectivity index (χ1n) is 27.7. The van der Waals surface area contributed by atoms with Crippen LogP contribution in [0.1, 0.15) is 252 Å². The van der Waals surface area contributed by atoms with Crippen LogP contribution in [0.2, 0.25) is 0 Å². The molecule has 0 radical (unpaired) electrons. The first-order chi connectivity index (χ1) is 33.0. The summed E-state index contributed by atoms with van der Waals surface area (Å²) in [7, 11) is 0. The van der Waals surface area contributed by atoms with Crippen molar-refractivity contribution in [1.82, 2.24) is 0 Å². The van der Waals surface area contributed by atoms with Crippen LogP contribution in [0.5, 0.6) is 0 Å². The Morgan fingerprint density at radius 1 is 0.299 bits per heavy atom. The van der Waals surface area contributed by atoms with E-state index in [4.69, 9.17) is 14.2 Å². The zero-order valence-electron chi connectivity index (χ0n) is 43.6. The zero-order valence-corrected chi connectivity index (χ0v) is 43.6. The molecular weight excluding hydrogens is 829 g/mol. The van der Waals surface area contributed by atoms with Gasteiger partial charge in [0.1, 0.15) is 13.2 Å². The number of ether oxygens (including phenoxy) is 3. The summed E-state index contributed by atoms with van der Waals surface area (Å²) in [5.41, 5.74) is 0. The number of unbranched alkanes of at least 4 members (excludes halogenated alkanes) is 22. The lowest BCUT2D eigenvalue weighted by Gasteiger charge is -2.18. The molecule has 0 aliphatic carbocycles. The molecule has 0 heterocycles. The Labute approximate surface area is 413 Å². The van der Waals surface area contributed by atoms with E-state index in [0.717, 1.165) is 70.6 Å². The predicted molar refractivity (Wildman–Crippen MR) is 288 cm³/mol. The fourth-order valence-corrected chi connectivity index (χ4v) is 7.37. The molecule has 6 heteroatoms. The highest BCUT2D eigenvalue weighted by atomic mass is 16.6. The molecule has 0 unspecified atom stereocenters. The number of carbonyl (C=O) groups excluding carboxylic acids is 3. The Hall–Kier alpha value is -3.67. The molecule has 0 aliphatic heterocycles. The summed E-state index contributed by atoms with van der Waals surface area (Å²) in [6.45, 7) is 6.49. The normalized spacial score (nSPS) is 12.8. The Bertz CT molecular complexity index is 1350. The molecule has 67 heavy (non-hydrogen) atoms. The lowest BCUT2D eigenvalue weighted by molar-refractivity contribution is -0.167. The molecule has 382 valence electrons.